The number of carbonyl (C=O) groups is 1. The largest absolute Gasteiger partial charge is 0.417 e. The van der Waals surface area contributed by atoms with Crippen molar-refractivity contribution in [1.29, 1.82) is 0 Å². The molecular formula is C12H8ClF3N2O. The van der Waals surface area contributed by atoms with Gasteiger partial charge in [0.15, 0.2) is 6.29 Å². The fourth-order valence-corrected chi connectivity index (χ4v) is 1.82. The molecule has 0 N–H and O–H groups in total. The fourth-order valence-electron chi connectivity index (χ4n) is 1.59. The summed E-state index contributed by atoms with van der Waals surface area (Å²) < 4.78 is 39.4. The zero-order valence-corrected chi connectivity index (χ0v) is 10.5. The van der Waals surface area contributed by atoms with Gasteiger partial charge in [-0.05, 0) is 25.1 Å². The lowest BCUT2D eigenvalue weighted by atomic mass is 10.2. The van der Waals surface area contributed by atoms with Gasteiger partial charge in [0.25, 0.3) is 0 Å². The average Bonchev–Trinajstić information content (AvgIpc) is 2.69. The highest BCUT2D eigenvalue weighted by Crippen LogP contribution is 2.35. The Morgan fingerprint density at radius 3 is 2.58 bits per heavy atom. The van der Waals surface area contributed by atoms with E-state index in [2.05, 4.69) is 5.10 Å². The van der Waals surface area contributed by atoms with E-state index in [1.54, 1.807) is 6.92 Å². The fraction of sp³-hybridized carbons (Fsp3) is 0.167. The second-order valence-corrected chi connectivity index (χ2v) is 4.30. The van der Waals surface area contributed by atoms with Crippen molar-refractivity contribution < 1.29 is 18.0 Å². The zero-order valence-electron chi connectivity index (χ0n) is 9.70. The summed E-state index contributed by atoms with van der Waals surface area (Å²) in [5.74, 6) is 0. The molecule has 1 heterocycles. The third kappa shape index (κ3) is 2.63. The number of aromatic nitrogens is 2. The van der Waals surface area contributed by atoms with Crippen LogP contribution in [0.25, 0.3) is 5.69 Å². The summed E-state index contributed by atoms with van der Waals surface area (Å²) >= 11 is 5.53. The number of halogens is 4. The maximum absolute atomic E-state index is 12.7. The number of aldehydes is 1. The molecule has 2 rings (SSSR count). The lowest BCUT2D eigenvalue weighted by molar-refractivity contribution is -0.137. The summed E-state index contributed by atoms with van der Waals surface area (Å²) in [5.41, 5.74) is 0.0161. The Morgan fingerprint density at radius 2 is 2.05 bits per heavy atom. The monoisotopic (exact) mass is 288 g/mol. The quantitative estimate of drug-likeness (QED) is 0.790. The molecule has 3 nitrogen and oxygen atoms in total. The van der Waals surface area contributed by atoms with Gasteiger partial charge in [0, 0.05) is 6.20 Å². The van der Waals surface area contributed by atoms with Crippen LogP contribution in [0.2, 0.25) is 5.02 Å². The van der Waals surface area contributed by atoms with Crippen molar-refractivity contribution in [2.24, 2.45) is 0 Å². The zero-order chi connectivity index (χ0) is 14.2. The number of hydrogen-bond acceptors (Lipinski definition) is 2. The van der Waals surface area contributed by atoms with Gasteiger partial charge in [0.2, 0.25) is 0 Å². The van der Waals surface area contributed by atoms with Crippen LogP contribution in [-0.4, -0.2) is 16.1 Å². The van der Waals surface area contributed by atoms with E-state index in [1.807, 2.05) is 0 Å². The van der Waals surface area contributed by atoms with E-state index in [9.17, 15) is 18.0 Å². The van der Waals surface area contributed by atoms with Crippen LogP contribution in [0.5, 0.6) is 0 Å². The third-order valence-electron chi connectivity index (χ3n) is 2.58. The lowest BCUT2D eigenvalue weighted by Gasteiger charge is -2.10. The predicted molar refractivity (Wildman–Crippen MR) is 63.7 cm³/mol. The van der Waals surface area contributed by atoms with Gasteiger partial charge in [-0.3, -0.25) is 4.79 Å². The molecule has 1 aromatic heterocycles. The molecule has 0 bridgehead atoms. The van der Waals surface area contributed by atoms with Crippen LogP contribution < -0.4 is 0 Å². The molecule has 100 valence electrons. The van der Waals surface area contributed by atoms with Gasteiger partial charge in [-0.2, -0.15) is 18.3 Å². The van der Waals surface area contributed by atoms with E-state index in [4.69, 9.17) is 11.6 Å². The maximum Gasteiger partial charge on any atom is 0.417 e. The lowest BCUT2D eigenvalue weighted by Crippen LogP contribution is -2.07. The van der Waals surface area contributed by atoms with E-state index in [-0.39, 0.29) is 10.7 Å². The Balaban J connectivity index is 2.54. The Labute approximate surface area is 111 Å². The summed E-state index contributed by atoms with van der Waals surface area (Å²) in [4.78, 5) is 10.7. The number of aryl methyl sites for hydroxylation is 1. The van der Waals surface area contributed by atoms with Gasteiger partial charge in [-0.1, -0.05) is 11.6 Å². The summed E-state index contributed by atoms with van der Waals surface area (Å²) in [6.07, 6.45) is -2.58. The predicted octanol–water partition coefficient (Wildman–Crippen LogP) is 3.67. The number of carbonyl (C=O) groups excluding carboxylic acids is 1. The van der Waals surface area contributed by atoms with E-state index in [1.165, 1.54) is 16.9 Å². The minimum absolute atomic E-state index is 0.188. The molecule has 1 aromatic carbocycles. The Morgan fingerprint density at radius 1 is 1.37 bits per heavy atom. The van der Waals surface area contributed by atoms with Gasteiger partial charge < -0.3 is 0 Å². The van der Waals surface area contributed by atoms with Crippen LogP contribution in [0.4, 0.5) is 13.2 Å². The van der Waals surface area contributed by atoms with E-state index >= 15 is 0 Å². The second-order valence-electron chi connectivity index (χ2n) is 3.89. The molecule has 0 radical (unpaired) electrons. The van der Waals surface area contributed by atoms with Gasteiger partial charge in [-0.15, -0.1) is 0 Å². The number of nitrogens with zero attached hydrogens (tertiary/aromatic N) is 2. The van der Waals surface area contributed by atoms with Crippen molar-refractivity contribution >= 4 is 17.9 Å². The van der Waals surface area contributed by atoms with E-state index < -0.39 is 11.7 Å². The van der Waals surface area contributed by atoms with Gasteiger partial charge >= 0.3 is 6.18 Å². The van der Waals surface area contributed by atoms with Crippen molar-refractivity contribution in [3.63, 3.8) is 0 Å². The number of rotatable bonds is 2. The van der Waals surface area contributed by atoms with Crippen LogP contribution in [0.15, 0.2) is 24.4 Å². The van der Waals surface area contributed by atoms with E-state index in [0.717, 1.165) is 12.1 Å². The van der Waals surface area contributed by atoms with Gasteiger partial charge in [0.05, 0.1) is 27.5 Å². The molecule has 0 fully saturated rings. The molecule has 0 amide bonds. The molecule has 19 heavy (non-hydrogen) atoms. The molecule has 2 aromatic rings. The van der Waals surface area contributed by atoms with Crippen LogP contribution in [0, 0.1) is 6.92 Å². The molecular weight excluding hydrogens is 281 g/mol. The first-order valence-electron chi connectivity index (χ1n) is 5.21. The highest BCUT2D eigenvalue weighted by molar-refractivity contribution is 6.31. The second kappa shape index (κ2) is 4.70. The smallest absolute Gasteiger partial charge is 0.298 e. The van der Waals surface area contributed by atoms with Crippen molar-refractivity contribution in [2.45, 2.75) is 13.1 Å². The molecule has 0 unspecified atom stereocenters. The van der Waals surface area contributed by atoms with Crippen LogP contribution in [0.3, 0.4) is 0 Å². The summed E-state index contributed by atoms with van der Waals surface area (Å²) in [5, 5.41) is 3.60. The summed E-state index contributed by atoms with van der Waals surface area (Å²) in [6.45, 7) is 1.60. The maximum atomic E-state index is 12.7. The van der Waals surface area contributed by atoms with Gasteiger partial charge in [0.1, 0.15) is 0 Å². The molecule has 0 aliphatic rings. The SMILES string of the molecule is Cc1nn(-c2ccc(Cl)c(C(F)(F)F)c2)cc1C=O. The normalized spacial score (nSPS) is 11.6. The van der Waals surface area contributed by atoms with Crippen LogP contribution in [0.1, 0.15) is 21.6 Å². The summed E-state index contributed by atoms with van der Waals surface area (Å²) in [7, 11) is 0. The Hall–Kier alpha value is -1.82. The van der Waals surface area contributed by atoms with Crippen molar-refractivity contribution in [1.82, 2.24) is 9.78 Å². The standard InChI is InChI=1S/C12H8ClF3N2O/c1-7-8(6-19)5-18(17-7)9-2-3-11(13)10(4-9)12(14,15)16/h2-6H,1H3. The topological polar surface area (TPSA) is 34.9 Å². The van der Waals surface area contributed by atoms with E-state index in [0.29, 0.717) is 17.5 Å². The molecule has 7 heteroatoms. The first kappa shape index (κ1) is 13.6. The van der Waals surface area contributed by atoms with Crippen molar-refractivity contribution in [2.75, 3.05) is 0 Å². The van der Waals surface area contributed by atoms with Crippen LogP contribution >= 0.6 is 11.6 Å². The number of benzene rings is 1. The average molecular weight is 289 g/mol. The van der Waals surface area contributed by atoms with Crippen molar-refractivity contribution in [3.05, 3.63) is 46.2 Å². The molecule has 0 aliphatic heterocycles. The number of alkyl halides is 3. The van der Waals surface area contributed by atoms with Crippen LogP contribution in [-0.2, 0) is 6.18 Å². The number of hydrogen-bond donors (Lipinski definition) is 0. The Kier molecular flexibility index (Phi) is 3.36. The molecule has 0 aliphatic carbocycles. The highest BCUT2D eigenvalue weighted by atomic mass is 35.5. The van der Waals surface area contributed by atoms with Gasteiger partial charge in [-0.25, -0.2) is 4.68 Å². The molecule has 0 saturated heterocycles. The molecule has 0 atom stereocenters. The molecule has 0 saturated carbocycles. The Bertz CT molecular complexity index is 634. The van der Waals surface area contributed by atoms with Crippen molar-refractivity contribution in [3.8, 4) is 5.69 Å². The first-order valence-corrected chi connectivity index (χ1v) is 5.59. The molecule has 0 spiro atoms. The minimum Gasteiger partial charge on any atom is -0.298 e. The summed E-state index contributed by atoms with van der Waals surface area (Å²) in [6, 6.07) is 3.44. The first-order chi connectivity index (χ1) is 8.82. The minimum atomic E-state index is -4.54. The third-order valence-corrected chi connectivity index (χ3v) is 2.91. The highest BCUT2D eigenvalue weighted by Gasteiger charge is 2.33.